The molecule has 2 rings (SSSR count). The molecule has 2 aliphatic rings. The molecule has 0 bridgehead atoms. The third-order valence-electron chi connectivity index (χ3n) is 2.70. The summed E-state index contributed by atoms with van der Waals surface area (Å²) in [7, 11) is -3.19. The van der Waals surface area contributed by atoms with Gasteiger partial charge in [-0.1, -0.05) is 0 Å². The first-order valence-corrected chi connectivity index (χ1v) is 6.53. The lowest BCUT2D eigenvalue weighted by Crippen LogP contribution is -2.47. The zero-order valence-electron chi connectivity index (χ0n) is 8.10. The van der Waals surface area contributed by atoms with Gasteiger partial charge in [0.25, 0.3) is 0 Å². The van der Waals surface area contributed by atoms with Crippen LogP contribution < -0.4 is 16.0 Å². The lowest BCUT2D eigenvalue weighted by atomic mass is 10.2. The van der Waals surface area contributed by atoms with E-state index in [2.05, 4.69) is 16.0 Å². The molecule has 0 amide bonds. The second-order valence-corrected chi connectivity index (χ2v) is 6.05. The van der Waals surface area contributed by atoms with Gasteiger partial charge in [-0.25, -0.2) is 8.42 Å². The van der Waals surface area contributed by atoms with Crippen molar-refractivity contribution in [3.63, 3.8) is 0 Å². The van der Waals surface area contributed by atoms with E-state index in [1.165, 1.54) is 0 Å². The van der Waals surface area contributed by atoms with Crippen LogP contribution in [0.4, 0.5) is 0 Å². The number of carboxylic acid groups (broad SMARTS) is 1. The topological polar surface area (TPSA) is 108 Å². The molecule has 86 valence electrons. The number of hydrogen-bond acceptors (Lipinski definition) is 6. The number of rotatable bonds is 2. The van der Waals surface area contributed by atoms with E-state index in [4.69, 9.17) is 5.11 Å². The van der Waals surface area contributed by atoms with Gasteiger partial charge in [0.05, 0.1) is 6.17 Å². The van der Waals surface area contributed by atoms with E-state index in [0.717, 1.165) is 6.26 Å². The summed E-state index contributed by atoms with van der Waals surface area (Å²) < 4.78 is 22.4. The summed E-state index contributed by atoms with van der Waals surface area (Å²) in [5, 5.41) is 17.2. The number of carboxylic acids is 1. The normalized spacial score (nSPS) is 40.3. The van der Waals surface area contributed by atoms with Crippen molar-refractivity contribution >= 4 is 15.8 Å². The molecule has 4 atom stereocenters. The Morgan fingerprint density at radius 1 is 1.33 bits per heavy atom. The van der Waals surface area contributed by atoms with Gasteiger partial charge >= 0.3 is 5.97 Å². The maximum atomic E-state index is 11.2. The van der Waals surface area contributed by atoms with Crippen molar-refractivity contribution in [1.82, 2.24) is 16.0 Å². The standard InChI is InChI=1S/C7H13N3O4S/c1-15(13,14)7-9-3-2-4(6(11)12)8-5(3)10-7/h3-5,7-10H,2H2,1H3,(H,11,12). The summed E-state index contributed by atoms with van der Waals surface area (Å²) in [6.45, 7) is 0. The van der Waals surface area contributed by atoms with E-state index in [-0.39, 0.29) is 12.2 Å². The summed E-state index contributed by atoms with van der Waals surface area (Å²) in [5.74, 6) is -0.913. The Bertz CT molecular complexity index is 368. The second-order valence-electron chi connectivity index (χ2n) is 3.92. The first kappa shape index (κ1) is 10.8. The van der Waals surface area contributed by atoms with Gasteiger partial charge in [-0.2, -0.15) is 0 Å². The number of carbonyl (C=O) groups is 1. The molecule has 2 fully saturated rings. The van der Waals surface area contributed by atoms with E-state index in [1.54, 1.807) is 0 Å². The molecule has 7 nitrogen and oxygen atoms in total. The van der Waals surface area contributed by atoms with Crippen LogP contribution in [0.5, 0.6) is 0 Å². The largest absolute Gasteiger partial charge is 0.480 e. The van der Waals surface area contributed by atoms with Gasteiger partial charge in [-0.15, -0.1) is 0 Å². The highest BCUT2D eigenvalue weighted by Gasteiger charge is 2.45. The Morgan fingerprint density at radius 3 is 2.47 bits per heavy atom. The monoisotopic (exact) mass is 235 g/mol. The molecule has 0 saturated carbocycles. The fourth-order valence-corrected chi connectivity index (χ4v) is 2.76. The zero-order chi connectivity index (χ0) is 11.2. The summed E-state index contributed by atoms with van der Waals surface area (Å²) >= 11 is 0. The minimum atomic E-state index is -3.19. The van der Waals surface area contributed by atoms with Crippen LogP contribution in [0, 0.1) is 0 Å². The molecule has 0 aromatic carbocycles. The van der Waals surface area contributed by atoms with E-state index in [1.807, 2.05) is 0 Å². The van der Waals surface area contributed by atoms with E-state index < -0.39 is 27.3 Å². The molecule has 0 spiro atoms. The average molecular weight is 235 g/mol. The Kier molecular flexibility index (Phi) is 2.45. The van der Waals surface area contributed by atoms with Crippen LogP contribution in [0.1, 0.15) is 6.42 Å². The van der Waals surface area contributed by atoms with Gasteiger partial charge in [-0.05, 0) is 6.42 Å². The molecule has 4 N–H and O–H groups in total. The zero-order valence-corrected chi connectivity index (χ0v) is 8.91. The SMILES string of the molecule is CS(=O)(=O)C1NC2CC(C(=O)O)NC2N1. The Hall–Kier alpha value is -0.700. The quantitative estimate of drug-likeness (QED) is 0.424. The van der Waals surface area contributed by atoms with Gasteiger partial charge in [0, 0.05) is 12.3 Å². The highest BCUT2D eigenvalue weighted by Crippen LogP contribution is 2.18. The highest BCUT2D eigenvalue weighted by atomic mass is 32.2. The van der Waals surface area contributed by atoms with Crippen molar-refractivity contribution in [3.8, 4) is 0 Å². The van der Waals surface area contributed by atoms with Crippen molar-refractivity contribution < 1.29 is 18.3 Å². The summed E-state index contributed by atoms with van der Waals surface area (Å²) in [5.41, 5.74) is -0.783. The van der Waals surface area contributed by atoms with Gasteiger partial charge in [0.15, 0.2) is 15.3 Å². The minimum absolute atomic E-state index is 0.147. The molecule has 4 unspecified atom stereocenters. The first-order valence-electron chi connectivity index (χ1n) is 4.58. The van der Waals surface area contributed by atoms with Gasteiger partial charge in [0.2, 0.25) is 0 Å². The molecule has 2 aliphatic heterocycles. The maximum absolute atomic E-state index is 11.2. The predicted octanol–water partition coefficient (Wildman–Crippen LogP) is -2.35. The highest BCUT2D eigenvalue weighted by molar-refractivity contribution is 7.91. The number of hydrogen-bond donors (Lipinski definition) is 4. The van der Waals surface area contributed by atoms with Crippen molar-refractivity contribution in [2.24, 2.45) is 0 Å². The van der Waals surface area contributed by atoms with Crippen molar-refractivity contribution in [2.75, 3.05) is 6.26 Å². The van der Waals surface area contributed by atoms with Gasteiger partial charge in [0.1, 0.15) is 6.04 Å². The Morgan fingerprint density at radius 2 is 2.00 bits per heavy atom. The number of aliphatic carboxylic acids is 1. The van der Waals surface area contributed by atoms with Crippen LogP contribution in [0.2, 0.25) is 0 Å². The third-order valence-corrected chi connectivity index (χ3v) is 3.82. The van der Waals surface area contributed by atoms with Crippen molar-refractivity contribution in [1.29, 1.82) is 0 Å². The van der Waals surface area contributed by atoms with Crippen LogP contribution in [0.3, 0.4) is 0 Å². The van der Waals surface area contributed by atoms with Crippen molar-refractivity contribution in [2.45, 2.75) is 30.2 Å². The Balaban J connectivity index is 2.02. The fraction of sp³-hybridized carbons (Fsp3) is 0.857. The van der Waals surface area contributed by atoms with Crippen LogP contribution in [-0.2, 0) is 14.6 Å². The van der Waals surface area contributed by atoms with E-state index in [9.17, 15) is 13.2 Å². The number of sulfone groups is 1. The van der Waals surface area contributed by atoms with Crippen LogP contribution >= 0.6 is 0 Å². The average Bonchev–Trinajstić information content (AvgIpc) is 2.55. The Labute approximate surface area is 87.1 Å². The minimum Gasteiger partial charge on any atom is -0.480 e. The van der Waals surface area contributed by atoms with Gasteiger partial charge in [-0.3, -0.25) is 20.7 Å². The fourth-order valence-electron chi connectivity index (χ4n) is 1.94. The predicted molar refractivity (Wildman–Crippen MR) is 51.7 cm³/mol. The second kappa shape index (κ2) is 3.41. The van der Waals surface area contributed by atoms with Crippen molar-refractivity contribution in [3.05, 3.63) is 0 Å². The molecule has 0 aliphatic carbocycles. The summed E-state index contributed by atoms with van der Waals surface area (Å²) in [4.78, 5) is 10.7. The van der Waals surface area contributed by atoms with Gasteiger partial charge < -0.3 is 5.11 Å². The summed E-state index contributed by atoms with van der Waals surface area (Å²) in [6.07, 6.45) is 1.23. The van der Waals surface area contributed by atoms with Crippen LogP contribution in [0.15, 0.2) is 0 Å². The molecular formula is C7H13N3O4S. The summed E-state index contributed by atoms with van der Waals surface area (Å²) in [6, 6.07) is -0.758. The molecule has 8 heteroatoms. The third kappa shape index (κ3) is 1.98. The molecule has 15 heavy (non-hydrogen) atoms. The number of fused-ring (bicyclic) bond motifs is 1. The molecule has 0 aromatic rings. The lowest BCUT2D eigenvalue weighted by Gasteiger charge is -2.13. The van der Waals surface area contributed by atoms with Crippen LogP contribution in [-0.4, -0.2) is 49.5 Å². The maximum Gasteiger partial charge on any atom is 0.320 e. The number of nitrogens with one attached hydrogen (secondary N) is 3. The molecule has 0 radical (unpaired) electrons. The first-order chi connectivity index (χ1) is 6.88. The smallest absolute Gasteiger partial charge is 0.320 e. The van der Waals surface area contributed by atoms with E-state index >= 15 is 0 Å². The van der Waals surface area contributed by atoms with E-state index in [0.29, 0.717) is 6.42 Å². The molecule has 2 heterocycles. The molecular weight excluding hydrogens is 222 g/mol. The van der Waals surface area contributed by atoms with Crippen LogP contribution in [0.25, 0.3) is 0 Å². The lowest BCUT2D eigenvalue weighted by molar-refractivity contribution is -0.139. The molecule has 2 saturated heterocycles. The molecule has 0 aromatic heterocycles.